The van der Waals surface area contributed by atoms with E-state index in [1.165, 1.54) is 12.4 Å². The number of fused-ring (bicyclic) bond motifs is 3. The van der Waals surface area contributed by atoms with E-state index >= 15 is 0 Å². The highest BCUT2D eigenvalue weighted by Gasteiger charge is 2.52. The lowest BCUT2D eigenvalue weighted by Crippen LogP contribution is -2.50. The molecule has 0 radical (unpaired) electrons. The average Bonchev–Trinajstić information content (AvgIpc) is 3.26. The molecule has 3 saturated heterocycles. The summed E-state index contributed by atoms with van der Waals surface area (Å²) in [7, 11) is 0. The molecular formula is C22H25F3N6. The van der Waals surface area contributed by atoms with Crippen molar-refractivity contribution >= 4 is 16.7 Å². The summed E-state index contributed by atoms with van der Waals surface area (Å²) in [6.07, 6.45) is 2.55. The molecule has 3 aliphatic rings. The maximum atomic E-state index is 14.0. The summed E-state index contributed by atoms with van der Waals surface area (Å²) >= 11 is 0. The first kappa shape index (κ1) is 20.5. The number of hydrogen-bond donors (Lipinski definition) is 1. The summed E-state index contributed by atoms with van der Waals surface area (Å²) in [5, 5.41) is 9.34. The molecule has 4 atom stereocenters. The fourth-order valence-corrected chi connectivity index (χ4v) is 5.90. The van der Waals surface area contributed by atoms with E-state index in [1.54, 1.807) is 17.0 Å². The fourth-order valence-electron chi connectivity index (χ4n) is 5.90. The first-order valence-corrected chi connectivity index (χ1v) is 10.8. The predicted octanol–water partition coefficient (Wildman–Crippen LogP) is 3.07. The van der Waals surface area contributed by atoms with Crippen LogP contribution in [0.4, 0.5) is 18.9 Å². The highest BCUT2D eigenvalue weighted by Crippen LogP contribution is 2.43. The number of anilines is 1. The number of hydrogen-bond acceptors (Lipinski definition) is 6. The Bertz CT molecular complexity index is 1000. The molecule has 31 heavy (non-hydrogen) atoms. The Labute approximate surface area is 178 Å². The number of alkyl halides is 3. The van der Waals surface area contributed by atoms with Crippen LogP contribution >= 0.6 is 0 Å². The molecule has 5 rings (SSSR count). The number of rotatable bonds is 3. The van der Waals surface area contributed by atoms with E-state index in [4.69, 9.17) is 5.73 Å². The van der Waals surface area contributed by atoms with Crippen molar-refractivity contribution in [2.24, 2.45) is 17.6 Å². The molecule has 0 spiro atoms. The molecule has 0 saturated carbocycles. The maximum absolute atomic E-state index is 14.0. The van der Waals surface area contributed by atoms with Crippen LogP contribution in [0.3, 0.4) is 0 Å². The van der Waals surface area contributed by atoms with Crippen LogP contribution in [0, 0.1) is 23.2 Å². The van der Waals surface area contributed by atoms with Crippen molar-refractivity contribution in [3.8, 4) is 6.07 Å². The Hall–Kier alpha value is -2.44. The molecule has 2 N–H and O–H groups in total. The minimum atomic E-state index is -4.27. The number of aromatic nitrogens is 2. The molecule has 6 nitrogen and oxygen atoms in total. The van der Waals surface area contributed by atoms with Gasteiger partial charge in [0.2, 0.25) is 0 Å². The second kappa shape index (κ2) is 7.61. The molecule has 3 fully saturated rings. The molecule has 1 aromatic heterocycles. The van der Waals surface area contributed by atoms with Crippen molar-refractivity contribution in [1.29, 1.82) is 5.26 Å². The van der Waals surface area contributed by atoms with Crippen LogP contribution in [0.2, 0.25) is 0 Å². The van der Waals surface area contributed by atoms with Gasteiger partial charge in [-0.2, -0.15) is 18.4 Å². The second-order valence-electron chi connectivity index (χ2n) is 9.12. The second-order valence-corrected chi connectivity index (χ2v) is 9.12. The lowest BCUT2D eigenvalue weighted by molar-refractivity contribution is -0.181. The molecule has 2 unspecified atom stereocenters. The minimum absolute atomic E-state index is 0.103. The molecule has 2 aromatic rings. The minimum Gasteiger partial charge on any atom is -0.369 e. The van der Waals surface area contributed by atoms with Crippen LogP contribution < -0.4 is 10.6 Å². The fraction of sp³-hybridized carbons (Fsp3) is 0.591. The largest absolute Gasteiger partial charge is 0.393 e. The van der Waals surface area contributed by atoms with Gasteiger partial charge >= 0.3 is 6.18 Å². The van der Waals surface area contributed by atoms with E-state index in [0.29, 0.717) is 47.5 Å². The summed E-state index contributed by atoms with van der Waals surface area (Å²) in [5.41, 5.74) is 8.04. The van der Waals surface area contributed by atoms with Crippen LogP contribution in [0.25, 0.3) is 11.0 Å². The Kier molecular flexibility index (Phi) is 5.02. The molecule has 1 aromatic carbocycles. The number of nitrogens with zero attached hydrogens (tertiary/aromatic N) is 5. The van der Waals surface area contributed by atoms with E-state index in [9.17, 15) is 18.4 Å². The quantitative estimate of drug-likeness (QED) is 0.806. The third-order valence-electron chi connectivity index (χ3n) is 7.29. The normalized spacial score (nSPS) is 31.3. The third-order valence-corrected chi connectivity index (χ3v) is 7.29. The molecule has 3 aliphatic heterocycles. The smallest absolute Gasteiger partial charge is 0.369 e. The van der Waals surface area contributed by atoms with E-state index < -0.39 is 18.0 Å². The standard InChI is InChI=1S/C22H25F3N6/c23-22(24,25)18-12-30(19-4-1-13(9-26)20-21(19)29-6-5-28-20)10-14(18)11-31-16-2-3-17(31)8-15(27)7-16/h1,4-6,14-18H,2-3,7-8,10-12,27H2/t14-,15?,16?,17?,18+/m1/s1. The topological polar surface area (TPSA) is 82.1 Å². The summed E-state index contributed by atoms with van der Waals surface area (Å²) in [6.45, 7) is 0.654. The van der Waals surface area contributed by atoms with Gasteiger partial charge in [0.1, 0.15) is 17.1 Å². The van der Waals surface area contributed by atoms with Crippen molar-refractivity contribution in [2.45, 2.75) is 50.0 Å². The monoisotopic (exact) mass is 430 g/mol. The van der Waals surface area contributed by atoms with Crippen molar-refractivity contribution < 1.29 is 13.2 Å². The van der Waals surface area contributed by atoms with Gasteiger partial charge in [-0.25, -0.2) is 0 Å². The van der Waals surface area contributed by atoms with E-state index in [0.717, 1.165) is 25.7 Å². The molecule has 164 valence electrons. The molecular weight excluding hydrogens is 405 g/mol. The van der Waals surface area contributed by atoms with Gasteiger partial charge in [0.15, 0.2) is 0 Å². The van der Waals surface area contributed by atoms with E-state index in [1.807, 2.05) is 0 Å². The average molecular weight is 430 g/mol. The third kappa shape index (κ3) is 3.62. The zero-order valence-corrected chi connectivity index (χ0v) is 17.1. The van der Waals surface area contributed by atoms with Gasteiger partial charge in [-0.1, -0.05) is 0 Å². The van der Waals surface area contributed by atoms with Crippen LogP contribution in [0.15, 0.2) is 24.5 Å². The van der Waals surface area contributed by atoms with Gasteiger partial charge in [-0.05, 0) is 37.8 Å². The maximum Gasteiger partial charge on any atom is 0.393 e. The highest BCUT2D eigenvalue weighted by atomic mass is 19.4. The van der Waals surface area contributed by atoms with Crippen LogP contribution in [-0.4, -0.2) is 58.8 Å². The zero-order chi connectivity index (χ0) is 21.8. The van der Waals surface area contributed by atoms with Crippen LogP contribution in [0.5, 0.6) is 0 Å². The number of benzene rings is 1. The number of piperidine rings is 1. The van der Waals surface area contributed by atoms with Gasteiger partial charge in [0.25, 0.3) is 0 Å². The summed E-state index contributed by atoms with van der Waals surface area (Å²) < 4.78 is 42.1. The first-order chi connectivity index (χ1) is 14.8. The van der Waals surface area contributed by atoms with Crippen molar-refractivity contribution in [3.05, 3.63) is 30.1 Å². The molecule has 0 amide bonds. The SMILES string of the molecule is N#Cc1ccc(N2C[C@H](CN3C4CCC3CC(N)C4)[C@@H](C(F)(F)F)C2)c2nccnc12. The number of halogens is 3. The molecule has 2 bridgehead atoms. The van der Waals surface area contributed by atoms with E-state index in [2.05, 4.69) is 20.9 Å². The lowest BCUT2D eigenvalue weighted by Gasteiger charge is -2.40. The van der Waals surface area contributed by atoms with Gasteiger partial charge in [0.05, 0.1) is 17.2 Å². The first-order valence-electron chi connectivity index (χ1n) is 10.8. The van der Waals surface area contributed by atoms with Crippen molar-refractivity contribution in [1.82, 2.24) is 14.9 Å². The molecule has 0 aliphatic carbocycles. The summed E-state index contributed by atoms with van der Waals surface area (Å²) in [4.78, 5) is 12.7. The number of nitriles is 1. The summed E-state index contributed by atoms with van der Waals surface area (Å²) in [6, 6.07) is 6.18. The van der Waals surface area contributed by atoms with Gasteiger partial charge in [-0.15, -0.1) is 0 Å². The van der Waals surface area contributed by atoms with Gasteiger partial charge in [0, 0.05) is 56.1 Å². The summed E-state index contributed by atoms with van der Waals surface area (Å²) in [5.74, 6) is -1.91. The van der Waals surface area contributed by atoms with Crippen LogP contribution in [0.1, 0.15) is 31.2 Å². The Morgan fingerprint density at radius 1 is 1.06 bits per heavy atom. The van der Waals surface area contributed by atoms with Crippen molar-refractivity contribution in [3.63, 3.8) is 0 Å². The van der Waals surface area contributed by atoms with Crippen molar-refractivity contribution in [2.75, 3.05) is 24.5 Å². The highest BCUT2D eigenvalue weighted by molar-refractivity contribution is 5.92. The Balaban J connectivity index is 1.44. The lowest BCUT2D eigenvalue weighted by atomic mass is 9.91. The Morgan fingerprint density at radius 2 is 1.74 bits per heavy atom. The van der Waals surface area contributed by atoms with Gasteiger partial charge < -0.3 is 10.6 Å². The zero-order valence-electron chi connectivity index (χ0n) is 17.1. The van der Waals surface area contributed by atoms with E-state index in [-0.39, 0.29) is 12.6 Å². The Morgan fingerprint density at radius 3 is 2.39 bits per heavy atom. The number of nitrogens with two attached hydrogens (primary N) is 1. The molecule has 4 heterocycles. The van der Waals surface area contributed by atoms with Gasteiger partial charge in [-0.3, -0.25) is 14.9 Å². The van der Waals surface area contributed by atoms with Crippen LogP contribution in [-0.2, 0) is 0 Å². The predicted molar refractivity (Wildman–Crippen MR) is 110 cm³/mol. The molecule has 9 heteroatoms.